The molecule has 1 aliphatic rings. The molecule has 0 amide bonds. The Morgan fingerprint density at radius 1 is 1.39 bits per heavy atom. The van der Waals surface area contributed by atoms with Crippen molar-refractivity contribution in [2.45, 2.75) is 45.7 Å². The van der Waals surface area contributed by atoms with E-state index < -0.39 is 0 Å². The Kier molecular flexibility index (Phi) is 5.67. The molecule has 0 atom stereocenters. The molecule has 2 rings (SSSR count). The monoisotopic (exact) mass is 266 g/mol. The van der Waals surface area contributed by atoms with E-state index in [1.165, 1.54) is 37.2 Å². The van der Waals surface area contributed by atoms with Gasteiger partial charge in [0.25, 0.3) is 0 Å². The Balaban J connectivity index is 1.60. The molecule has 0 unspecified atom stereocenters. The third-order valence-electron chi connectivity index (χ3n) is 3.51. The van der Waals surface area contributed by atoms with Gasteiger partial charge in [0.2, 0.25) is 0 Å². The molecule has 1 saturated carbocycles. The number of nitrogens with one attached hydrogen (secondary N) is 1. The lowest BCUT2D eigenvalue weighted by Crippen LogP contribution is -2.34. The van der Waals surface area contributed by atoms with E-state index in [9.17, 15) is 0 Å². The summed E-state index contributed by atoms with van der Waals surface area (Å²) in [5, 5.41) is 5.71. The molecule has 1 fully saturated rings. The van der Waals surface area contributed by atoms with Crippen molar-refractivity contribution < 1.29 is 0 Å². The predicted molar refractivity (Wildman–Crippen MR) is 80.1 cm³/mol. The van der Waals surface area contributed by atoms with Gasteiger partial charge in [-0.05, 0) is 43.2 Å². The number of nitrogens with zero attached hydrogens (tertiary/aromatic N) is 1. The van der Waals surface area contributed by atoms with Crippen LogP contribution in [0.25, 0.3) is 0 Å². The van der Waals surface area contributed by atoms with Crippen molar-refractivity contribution in [3.63, 3.8) is 0 Å². The zero-order valence-corrected chi connectivity index (χ0v) is 12.5. The van der Waals surface area contributed by atoms with Gasteiger partial charge >= 0.3 is 0 Å². The van der Waals surface area contributed by atoms with Gasteiger partial charge in [-0.2, -0.15) is 0 Å². The van der Waals surface area contributed by atoms with Crippen LogP contribution in [0.1, 0.15) is 38.0 Å². The molecule has 0 aromatic carbocycles. The molecule has 2 nitrogen and oxygen atoms in total. The van der Waals surface area contributed by atoms with Crippen molar-refractivity contribution in [2.24, 2.45) is 5.92 Å². The lowest BCUT2D eigenvalue weighted by Gasteiger charge is -2.23. The smallest absolute Gasteiger partial charge is 0.0300 e. The van der Waals surface area contributed by atoms with Gasteiger partial charge in [0.15, 0.2) is 0 Å². The molecule has 1 aliphatic carbocycles. The Morgan fingerprint density at radius 3 is 2.83 bits per heavy atom. The predicted octanol–water partition coefficient (Wildman–Crippen LogP) is 3.35. The van der Waals surface area contributed by atoms with Crippen LogP contribution in [-0.2, 0) is 6.54 Å². The first-order valence-electron chi connectivity index (χ1n) is 7.23. The number of rotatable bonds is 9. The average Bonchev–Trinajstić information content (AvgIpc) is 3.05. The minimum absolute atomic E-state index is 0.824. The molecule has 1 heterocycles. The summed E-state index contributed by atoms with van der Waals surface area (Å²) in [4.78, 5) is 4.12. The molecular formula is C15H26N2S. The summed E-state index contributed by atoms with van der Waals surface area (Å²) in [5.41, 5.74) is 0. The van der Waals surface area contributed by atoms with Crippen LogP contribution in [0.5, 0.6) is 0 Å². The summed E-state index contributed by atoms with van der Waals surface area (Å²) in [7, 11) is 0. The van der Waals surface area contributed by atoms with E-state index in [1.807, 2.05) is 11.3 Å². The topological polar surface area (TPSA) is 15.3 Å². The van der Waals surface area contributed by atoms with E-state index in [2.05, 4.69) is 41.6 Å². The van der Waals surface area contributed by atoms with E-state index in [0.29, 0.717) is 0 Å². The maximum absolute atomic E-state index is 3.56. The third kappa shape index (κ3) is 5.09. The summed E-state index contributed by atoms with van der Waals surface area (Å²) < 4.78 is 0. The first-order chi connectivity index (χ1) is 8.75. The molecule has 1 aromatic heterocycles. The normalized spacial score (nSPS) is 15.8. The van der Waals surface area contributed by atoms with Crippen molar-refractivity contribution in [1.29, 1.82) is 0 Å². The van der Waals surface area contributed by atoms with Gasteiger partial charge < -0.3 is 5.32 Å². The van der Waals surface area contributed by atoms with Crippen molar-refractivity contribution >= 4 is 11.3 Å². The highest BCUT2D eigenvalue weighted by Gasteiger charge is 2.28. The van der Waals surface area contributed by atoms with Crippen molar-refractivity contribution in [3.05, 3.63) is 22.4 Å². The van der Waals surface area contributed by atoms with Crippen molar-refractivity contribution in [1.82, 2.24) is 10.2 Å². The van der Waals surface area contributed by atoms with Crippen molar-refractivity contribution in [3.8, 4) is 0 Å². The van der Waals surface area contributed by atoms with Gasteiger partial charge in [0.05, 0.1) is 0 Å². The number of hydrogen-bond donors (Lipinski definition) is 1. The van der Waals surface area contributed by atoms with Gasteiger partial charge in [-0.1, -0.05) is 19.9 Å². The van der Waals surface area contributed by atoms with Gasteiger partial charge in [0, 0.05) is 30.6 Å². The highest BCUT2D eigenvalue weighted by molar-refractivity contribution is 7.09. The van der Waals surface area contributed by atoms with E-state index in [1.54, 1.807) is 0 Å². The Bertz CT molecular complexity index is 317. The molecule has 0 bridgehead atoms. The van der Waals surface area contributed by atoms with Gasteiger partial charge in [0.1, 0.15) is 0 Å². The largest absolute Gasteiger partial charge is 0.311 e. The first-order valence-corrected chi connectivity index (χ1v) is 8.11. The molecule has 102 valence electrons. The van der Waals surface area contributed by atoms with Crippen LogP contribution in [0, 0.1) is 5.92 Å². The van der Waals surface area contributed by atoms with Crippen LogP contribution in [-0.4, -0.2) is 30.6 Å². The fraction of sp³-hybridized carbons (Fsp3) is 0.733. The molecule has 0 radical (unpaired) electrons. The molecule has 0 spiro atoms. The molecule has 3 heteroatoms. The zero-order valence-electron chi connectivity index (χ0n) is 11.7. The second kappa shape index (κ2) is 7.27. The lowest BCUT2D eigenvalue weighted by atomic mass is 10.1. The summed E-state index contributed by atoms with van der Waals surface area (Å²) in [6.45, 7) is 9.28. The van der Waals surface area contributed by atoms with Gasteiger partial charge in [-0.25, -0.2) is 0 Å². The third-order valence-corrected chi connectivity index (χ3v) is 4.39. The fourth-order valence-corrected chi connectivity index (χ4v) is 2.86. The highest BCUT2D eigenvalue weighted by Crippen LogP contribution is 2.26. The van der Waals surface area contributed by atoms with E-state index in [-0.39, 0.29) is 0 Å². The fourth-order valence-electron chi connectivity index (χ4n) is 2.19. The van der Waals surface area contributed by atoms with Crippen molar-refractivity contribution in [2.75, 3.05) is 19.6 Å². The molecule has 0 saturated heterocycles. The molecule has 1 N–H and O–H groups in total. The SMILES string of the molecule is CC(C)CCN(CCNCc1cccs1)C1CC1. The van der Waals surface area contributed by atoms with Crippen LogP contribution in [0.15, 0.2) is 17.5 Å². The second-order valence-electron chi connectivity index (χ2n) is 5.71. The molecule has 1 aromatic rings. The number of hydrogen-bond acceptors (Lipinski definition) is 3. The Hall–Kier alpha value is -0.380. The summed E-state index contributed by atoms with van der Waals surface area (Å²) in [6.07, 6.45) is 4.17. The minimum Gasteiger partial charge on any atom is -0.311 e. The van der Waals surface area contributed by atoms with Crippen LogP contribution in [0.3, 0.4) is 0 Å². The Labute approximate surface area is 115 Å². The first kappa shape index (κ1) is 14.0. The van der Waals surface area contributed by atoms with Crippen LogP contribution < -0.4 is 5.32 Å². The molecular weight excluding hydrogens is 240 g/mol. The van der Waals surface area contributed by atoms with E-state index in [0.717, 1.165) is 25.0 Å². The summed E-state index contributed by atoms with van der Waals surface area (Å²) in [6, 6.07) is 5.22. The van der Waals surface area contributed by atoms with Crippen LogP contribution >= 0.6 is 11.3 Å². The standard InChI is InChI=1S/C15H26N2S/c1-13(2)7-9-17(14-5-6-14)10-8-16-12-15-4-3-11-18-15/h3-4,11,13-14,16H,5-10,12H2,1-2H3. The molecule has 0 aliphatic heterocycles. The summed E-state index contributed by atoms with van der Waals surface area (Å²) in [5.74, 6) is 0.824. The average molecular weight is 266 g/mol. The minimum atomic E-state index is 0.824. The number of thiophene rings is 1. The van der Waals surface area contributed by atoms with Gasteiger partial charge in [-0.3, -0.25) is 4.90 Å². The van der Waals surface area contributed by atoms with E-state index >= 15 is 0 Å². The quantitative estimate of drug-likeness (QED) is 0.690. The zero-order chi connectivity index (χ0) is 12.8. The van der Waals surface area contributed by atoms with E-state index in [4.69, 9.17) is 0 Å². The van der Waals surface area contributed by atoms with Crippen LogP contribution in [0.4, 0.5) is 0 Å². The summed E-state index contributed by atoms with van der Waals surface area (Å²) >= 11 is 1.84. The van der Waals surface area contributed by atoms with Crippen LogP contribution in [0.2, 0.25) is 0 Å². The lowest BCUT2D eigenvalue weighted by molar-refractivity contribution is 0.247. The highest BCUT2D eigenvalue weighted by atomic mass is 32.1. The van der Waals surface area contributed by atoms with Gasteiger partial charge in [-0.15, -0.1) is 11.3 Å². The second-order valence-corrected chi connectivity index (χ2v) is 6.74. The molecule has 18 heavy (non-hydrogen) atoms. The Morgan fingerprint density at radius 2 is 2.22 bits per heavy atom. The maximum atomic E-state index is 3.56. The maximum Gasteiger partial charge on any atom is 0.0300 e.